The molecule has 1 rings (SSSR count). The van der Waals surface area contributed by atoms with Crippen LogP contribution >= 0.6 is 0 Å². The van der Waals surface area contributed by atoms with Crippen molar-refractivity contribution < 1.29 is 0 Å². The first-order valence-electron chi connectivity index (χ1n) is 4.16. The van der Waals surface area contributed by atoms with Crippen LogP contribution in [0, 0.1) is 5.92 Å². The lowest BCUT2D eigenvalue weighted by atomic mass is 10.2. The lowest BCUT2D eigenvalue weighted by molar-refractivity contribution is 0.311. The van der Waals surface area contributed by atoms with Crippen molar-refractivity contribution in [2.75, 3.05) is 19.6 Å². The van der Waals surface area contributed by atoms with E-state index in [9.17, 15) is 0 Å². The Morgan fingerprint density at radius 3 is 2.80 bits per heavy atom. The normalized spacial score (nSPS) is 30.9. The van der Waals surface area contributed by atoms with Crippen molar-refractivity contribution in [3.8, 4) is 0 Å². The quantitative estimate of drug-likeness (QED) is 0.614. The summed E-state index contributed by atoms with van der Waals surface area (Å²) < 4.78 is 0. The molecular weight excluding hydrogens is 124 g/mol. The van der Waals surface area contributed by atoms with Crippen molar-refractivity contribution in [3.63, 3.8) is 0 Å². The van der Waals surface area contributed by atoms with Crippen LogP contribution in [0.25, 0.3) is 0 Å². The van der Waals surface area contributed by atoms with Crippen LogP contribution in [0.1, 0.15) is 20.3 Å². The highest BCUT2D eigenvalue weighted by atomic mass is 15.2. The van der Waals surface area contributed by atoms with Crippen LogP contribution in [0.3, 0.4) is 0 Å². The summed E-state index contributed by atoms with van der Waals surface area (Å²) in [6, 6.07) is 0.338. The van der Waals surface area contributed by atoms with E-state index in [2.05, 4.69) is 18.7 Å². The third kappa shape index (κ3) is 2.27. The van der Waals surface area contributed by atoms with Gasteiger partial charge in [-0.3, -0.25) is 0 Å². The molecule has 2 N–H and O–H groups in total. The minimum Gasteiger partial charge on any atom is -0.327 e. The maximum atomic E-state index is 5.68. The molecule has 2 heteroatoms. The van der Waals surface area contributed by atoms with Crippen molar-refractivity contribution in [1.29, 1.82) is 0 Å². The monoisotopic (exact) mass is 142 g/mol. The molecule has 1 aliphatic rings. The molecule has 2 nitrogen and oxygen atoms in total. The molecule has 0 saturated carbocycles. The van der Waals surface area contributed by atoms with Gasteiger partial charge in [0.1, 0.15) is 0 Å². The first kappa shape index (κ1) is 8.02. The summed E-state index contributed by atoms with van der Waals surface area (Å²) in [5.41, 5.74) is 5.68. The minimum absolute atomic E-state index is 0.338. The first-order valence-corrected chi connectivity index (χ1v) is 4.16. The van der Waals surface area contributed by atoms with Crippen LogP contribution in [0.4, 0.5) is 0 Å². The minimum atomic E-state index is 0.338. The third-order valence-electron chi connectivity index (χ3n) is 2.05. The summed E-state index contributed by atoms with van der Waals surface area (Å²) in [5, 5.41) is 0. The van der Waals surface area contributed by atoms with Gasteiger partial charge in [0.05, 0.1) is 0 Å². The largest absolute Gasteiger partial charge is 0.327 e. The Bertz CT molecular complexity index is 101. The van der Waals surface area contributed by atoms with E-state index in [0.717, 1.165) is 12.5 Å². The van der Waals surface area contributed by atoms with Gasteiger partial charge in [0.2, 0.25) is 0 Å². The molecule has 0 amide bonds. The van der Waals surface area contributed by atoms with Crippen molar-refractivity contribution in [2.45, 2.75) is 26.3 Å². The third-order valence-corrected chi connectivity index (χ3v) is 2.05. The number of hydrogen-bond donors (Lipinski definition) is 1. The molecule has 0 aromatic heterocycles. The molecule has 2 atom stereocenters. The average Bonchev–Trinajstić information content (AvgIpc) is 2.13. The Kier molecular flexibility index (Phi) is 2.69. The summed E-state index contributed by atoms with van der Waals surface area (Å²) in [6.07, 6.45) is 1.35. The zero-order valence-corrected chi connectivity index (χ0v) is 7.01. The number of hydrogen-bond acceptors (Lipinski definition) is 2. The fourth-order valence-electron chi connectivity index (χ4n) is 1.60. The SMILES string of the molecule is CC1CCN(C[C@H](C)N)C1. The Morgan fingerprint density at radius 2 is 2.40 bits per heavy atom. The molecule has 1 aliphatic heterocycles. The molecule has 0 aromatic rings. The van der Waals surface area contributed by atoms with Gasteiger partial charge >= 0.3 is 0 Å². The molecule has 0 aromatic carbocycles. The Labute approximate surface area is 63.4 Å². The lowest BCUT2D eigenvalue weighted by Gasteiger charge is -2.17. The van der Waals surface area contributed by atoms with Crippen LogP contribution in [0.15, 0.2) is 0 Å². The van der Waals surface area contributed by atoms with E-state index in [1.807, 2.05) is 0 Å². The van der Waals surface area contributed by atoms with Crippen molar-refractivity contribution >= 4 is 0 Å². The van der Waals surface area contributed by atoms with Crippen LogP contribution < -0.4 is 5.73 Å². The number of likely N-dealkylation sites (tertiary alicyclic amines) is 1. The molecule has 1 saturated heterocycles. The van der Waals surface area contributed by atoms with E-state index in [4.69, 9.17) is 5.73 Å². The van der Waals surface area contributed by atoms with Gasteiger partial charge < -0.3 is 10.6 Å². The van der Waals surface area contributed by atoms with E-state index in [0.29, 0.717) is 6.04 Å². The second-order valence-electron chi connectivity index (χ2n) is 3.63. The van der Waals surface area contributed by atoms with Gasteiger partial charge in [0, 0.05) is 19.1 Å². The summed E-state index contributed by atoms with van der Waals surface area (Å²) in [4.78, 5) is 2.45. The Hall–Kier alpha value is -0.0800. The number of nitrogens with two attached hydrogens (primary N) is 1. The number of nitrogens with zero attached hydrogens (tertiary/aromatic N) is 1. The van der Waals surface area contributed by atoms with E-state index >= 15 is 0 Å². The highest BCUT2D eigenvalue weighted by molar-refractivity contribution is 4.74. The van der Waals surface area contributed by atoms with Crippen molar-refractivity contribution in [3.05, 3.63) is 0 Å². The predicted octanol–water partition coefficient (Wildman–Crippen LogP) is 0.675. The number of rotatable bonds is 2. The highest BCUT2D eigenvalue weighted by Crippen LogP contribution is 2.14. The zero-order chi connectivity index (χ0) is 7.56. The van der Waals surface area contributed by atoms with Gasteiger partial charge in [-0.05, 0) is 25.8 Å². The topological polar surface area (TPSA) is 29.3 Å². The molecule has 0 aliphatic carbocycles. The fourth-order valence-corrected chi connectivity index (χ4v) is 1.60. The van der Waals surface area contributed by atoms with Gasteiger partial charge in [-0.2, -0.15) is 0 Å². The molecule has 0 radical (unpaired) electrons. The molecule has 0 bridgehead atoms. The summed E-state index contributed by atoms with van der Waals surface area (Å²) in [7, 11) is 0. The molecule has 10 heavy (non-hydrogen) atoms. The van der Waals surface area contributed by atoms with Crippen LogP contribution in [0.5, 0.6) is 0 Å². The predicted molar refractivity (Wildman–Crippen MR) is 43.9 cm³/mol. The fraction of sp³-hybridized carbons (Fsp3) is 1.00. The molecular formula is C8H18N2. The van der Waals surface area contributed by atoms with Gasteiger partial charge in [-0.1, -0.05) is 6.92 Å². The molecule has 60 valence electrons. The second kappa shape index (κ2) is 3.35. The average molecular weight is 142 g/mol. The maximum absolute atomic E-state index is 5.68. The molecule has 1 heterocycles. The summed E-state index contributed by atoms with van der Waals surface area (Å²) in [5.74, 6) is 0.888. The van der Waals surface area contributed by atoms with Gasteiger partial charge in [-0.15, -0.1) is 0 Å². The highest BCUT2D eigenvalue weighted by Gasteiger charge is 2.18. The smallest absolute Gasteiger partial charge is 0.0139 e. The van der Waals surface area contributed by atoms with Crippen LogP contribution in [-0.2, 0) is 0 Å². The van der Waals surface area contributed by atoms with E-state index in [1.54, 1.807) is 0 Å². The Balaban J connectivity index is 2.18. The molecule has 0 spiro atoms. The van der Waals surface area contributed by atoms with Crippen molar-refractivity contribution in [2.24, 2.45) is 11.7 Å². The summed E-state index contributed by atoms with van der Waals surface area (Å²) >= 11 is 0. The van der Waals surface area contributed by atoms with E-state index in [1.165, 1.54) is 19.5 Å². The maximum Gasteiger partial charge on any atom is 0.0139 e. The van der Waals surface area contributed by atoms with Crippen LogP contribution in [0.2, 0.25) is 0 Å². The zero-order valence-electron chi connectivity index (χ0n) is 7.01. The molecule has 1 fully saturated rings. The first-order chi connectivity index (χ1) is 4.68. The summed E-state index contributed by atoms with van der Waals surface area (Å²) in [6.45, 7) is 7.96. The van der Waals surface area contributed by atoms with Crippen LogP contribution in [-0.4, -0.2) is 30.6 Å². The van der Waals surface area contributed by atoms with Crippen molar-refractivity contribution in [1.82, 2.24) is 4.90 Å². The Morgan fingerprint density at radius 1 is 1.70 bits per heavy atom. The van der Waals surface area contributed by atoms with E-state index in [-0.39, 0.29) is 0 Å². The standard InChI is InChI=1S/C8H18N2/c1-7-3-4-10(5-7)6-8(2)9/h7-8H,3-6,9H2,1-2H3/t7?,8-/m0/s1. The second-order valence-corrected chi connectivity index (χ2v) is 3.63. The van der Waals surface area contributed by atoms with Gasteiger partial charge in [0.15, 0.2) is 0 Å². The van der Waals surface area contributed by atoms with Gasteiger partial charge in [0.25, 0.3) is 0 Å². The molecule has 1 unspecified atom stereocenters. The van der Waals surface area contributed by atoms with Gasteiger partial charge in [-0.25, -0.2) is 0 Å². The lowest BCUT2D eigenvalue weighted by Crippen LogP contribution is -2.33. The van der Waals surface area contributed by atoms with E-state index < -0.39 is 0 Å².